The first-order chi connectivity index (χ1) is 20.2. The molecule has 216 valence electrons. The van der Waals surface area contributed by atoms with Crippen LogP contribution in [0.1, 0.15) is 66.9 Å². The highest BCUT2D eigenvalue weighted by molar-refractivity contribution is 7.21. The predicted octanol–water partition coefficient (Wildman–Crippen LogP) is 5.51. The summed E-state index contributed by atoms with van der Waals surface area (Å²) >= 11 is 1.22. The van der Waals surface area contributed by atoms with Crippen molar-refractivity contribution >= 4 is 56.5 Å². The van der Waals surface area contributed by atoms with Crippen LogP contribution in [0.2, 0.25) is 0 Å². The lowest BCUT2D eigenvalue weighted by Gasteiger charge is -2.29. The summed E-state index contributed by atoms with van der Waals surface area (Å²) < 4.78 is 0. The molecule has 42 heavy (non-hydrogen) atoms. The van der Waals surface area contributed by atoms with Gasteiger partial charge in [-0.05, 0) is 75.0 Å². The second kappa shape index (κ2) is 11.2. The number of carbonyl (C=O) groups is 3. The number of pyridine rings is 2. The lowest BCUT2D eigenvalue weighted by molar-refractivity contribution is -0.117. The van der Waals surface area contributed by atoms with E-state index in [1.807, 2.05) is 19.1 Å². The lowest BCUT2D eigenvalue weighted by atomic mass is 10.0. The van der Waals surface area contributed by atoms with Gasteiger partial charge in [0.25, 0.3) is 11.8 Å². The topological polar surface area (TPSA) is 140 Å². The Labute approximate surface area is 248 Å². The fourth-order valence-corrected chi connectivity index (χ4v) is 6.82. The van der Waals surface area contributed by atoms with E-state index in [0.29, 0.717) is 56.8 Å². The molecule has 2 atom stereocenters. The van der Waals surface area contributed by atoms with E-state index in [1.165, 1.54) is 11.3 Å². The largest absolute Gasteiger partial charge is 0.347 e. The normalized spacial score (nSPS) is 20.0. The van der Waals surface area contributed by atoms with Crippen LogP contribution in [0, 0.1) is 30.1 Å². The smallest absolute Gasteiger partial charge is 0.331 e. The second-order valence-corrected chi connectivity index (χ2v) is 12.8. The number of nitrogens with zero attached hydrogens (tertiary/aromatic N) is 4. The SMILES string of the molecule is Cc1cc(CC(C)C)ncc1N1C(=O)Nc2c(C(=O)N[C@@H]3CCC[C@@H]3NC(=O)/C(C#N)=C/C3CC3)sc3nccc1c23. The Hall–Kier alpha value is -4.30. The maximum atomic E-state index is 13.6. The molecule has 1 aliphatic heterocycles. The molecule has 2 saturated carbocycles. The number of thiophene rings is 1. The summed E-state index contributed by atoms with van der Waals surface area (Å²) in [5, 5.41) is 19.1. The van der Waals surface area contributed by atoms with Crippen LogP contribution in [0.3, 0.4) is 0 Å². The van der Waals surface area contributed by atoms with Crippen molar-refractivity contribution in [1.29, 1.82) is 5.26 Å². The zero-order valence-electron chi connectivity index (χ0n) is 23.9. The molecule has 2 aliphatic carbocycles. The minimum Gasteiger partial charge on any atom is -0.347 e. The number of hydrogen-bond acceptors (Lipinski definition) is 7. The Balaban J connectivity index is 1.25. The maximum Gasteiger partial charge on any atom is 0.331 e. The molecule has 0 radical (unpaired) electrons. The number of aromatic nitrogens is 2. The van der Waals surface area contributed by atoms with Crippen molar-refractivity contribution in [2.45, 2.75) is 71.4 Å². The molecule has 3 aliphatic rings. The summed E-state index contributed by atoms with van der Waals surface area (Å²) in [7, 11) is 0. The number of nitriles is 1. The standard InChI is InChI=1S/C31H33N7O3S/c1-16(2)11-20-12-17(3)24(15-34-20)38-23-9-10-33-30-25(23)26(37-31(38)41)27(42-30)29(40)36-22-6-4-5-21(22)35-28(39)19(14-32)13-18-7-8-18/h9-10,12-13,15-16,18,21-22H,4-8,11H2,1-3H3,(H,35,39)(H,36,40)(H,37,41)/b19-13+/t21-,22+/m0/s1. The average Bonchev–Trinajstić information content (AvgIpc) is 3.55. The van der Waals surface area contributed by atoms with E-state index < -0.39 is 5.91 Å². The molecule has 11 heteroatoms. The number of rotatable bonds is 8. The van der Waals surface area contributed by atoms with Gasteiger partial charge in [-0.2, -0.15) is 5.26 Å². The monoisotopic (exact) mass is 583 g/mol. The van der Waals surface area contributed by atoms with Crippen LogP contribution < -0.4 is 20.9 Å². The Kier molecular flexibility index (Phi) is 7.41. The van der Waals surface area contributed by atoms with Gasteiger partial charge in [0.2, 0.25) is 0 Å². The molecule has 0 saturated heterocycles. The van der Waals surface area contributed by atoms with E-state index in [4.69, 9.17) is 0 Å². The summed E-state index contributed by atoms with van der Waals surface area (Å²) in [6, 6.07) is 4.86. The van der Waals surface area contributed by atoms with E-state index in [-0.39, 0.29) is 29.6 Å². The van der Waals surface area contributed by atoms with Gasteiger partial charge in [0.1, 0.15) is 21.3 Å². The quantitative estimate of drug-likeness (QED) is 0.236. The second-order valence-electron chi connectivity index (χ2n) is 11.8. The van der Waals surface area contributed by atoms with Gasteiger partial charge in [0.15, 0.2) is 0 Å². The molecule has 4 amide bonds. The summed E-state index contributed by atoms with van der Waals surface area (Å²) in [6.45, 7) is 6.25. The summed E-state index contributed by atoms with van der Waals surface area (Å²) in [4.78, 5) is 51.6. The van der Waals surface area contributed by atoms with Crippen molar-refractivity contribution in [2.24, 2.45) is 11.8 Å². The van der Waals surface area contributed by atoms with Crippen LogP contribution in [0.25, 0.3) is 10.2 Å². The van der Waals surface area contributed by atoms with Crippen LogP contribution in [0.4, 0.5) is 21.9 Å². The van der Waals surface area contributed by atoms with Crippen molar-refractivity contribution < 1.29 is 14.4 Å². The molecule has 0 aromatic carbocycles. The first-order valence-corrected chi connectivity index (χ1v) is 15.3. The van der Waals surface area contributed by atoms with Crippen LogP contribution in [0.15, 0.2) is 36.2 Å². The molecule has 3 N–H and O–H groups in total. The Bertz CT molecular complexity index is 1670. The van der Waals surface area contributed by atoms with E-state index in [9.17, 15) is 19.6 Å². The minimum absolute atomic E-state index is 0.134. The van der Waals surface area contributed by atoms with Gasteiger partial charge in [0.05, 0.1) is 28.6 Å². The zero-order valence-corrected chi connectivity index (χ0v) is 24.7. The number of hydrogen-bond donors (Lipinski definition) is 3. The highest BCUT2D eigenvalue weighted by Crippen LogP contribution is 2.46. The molecule has 2 fully saturated rings. The average molecular weight is 584 g/mol. The summed E-state index contributed by atoms with van der Waals surface area (Å²) in [5.74, 6) is 0.0525. The molecular formula is C31H33N7O3S. The third-order valence-electron chi connectivity index (χ3n) is 7.99. The van der Waals surface area contributed by atoms with E-state index in [2.05, 4.69) is 39.8 Å². The van der Waals surface area contributed by atoms with E-state index in [0.717, 1.165) is 36.9 Å². The Morgan fingerprint density at radius 1 is 1.19 bits per heavy atom. The highest BCUT2D eigenvalue weighted by Gasteiger charge is 2.36. The highest BCUT2D eigenvalue weighted by atomic mass is 32.1. The summed E-state index contributed by atoms with van der Waals surface area (Å²) in [5.41, 5.74) is 3.80. The van der Waals surface area contributed by atoms with Gasteiger partial charge in [0, 0.05) is 24.0 Å². The van der Waals surface area contributed by atoms with Crippen molar-refractivity contribution in [3.8, 4) is 6.07 Å². The molecule has 4 heterocycles. The first kappa shape index (κ1) is 27.8. The molecule has 0 bridgehead atoms. The van der Waals surface area contributed by atoms with Gasteiger partial charge in [-0.25, -0.2) is 9.78 Å². The Morgan fingerprint density at radius 2 is 1.95 bits per heavy atom. The maximum absolute atomic E-state index is 13.6. The fourth-order valence-electron chi connectivity index (χ4n) is 5.80. The fraction of sp³-hybridized carbons (Fsp3) is 0.419. The molecular weight excluding hydrogens is 550 g/mol. The van der Waals surface area contributed by atoms with Gasteiger partial charge < -0.3 is 16.0 Å². The van der Waals surface area contributed by atoms with Gasteiger partial charge in [-0.3, -0.25) is 19.5 Å². The molecule has 10 nitrogen and oxygen atoms in total. The van der Waals surface area contributed by atoms with Crippen LogP contribution in [-0.2, 0) is 11.2 Å². The zero-order chi connectivity index (χ0) is 29.5. The van der Waals surface area contributed by atoms with Crippen molar-refractivity contribution in [3.63, 3.8) is 0 Å². The van der Waals surface area contributed by atoms with Crippen molar-refractivity contribution in [1.82, 2.24) is 20.6 Å². The van der Waals surface area contributed by atoms with Crippen LogP contribution in [0.5, 0.6) is 0 Å². The first-order valence-electron chi connectivity index (χ1n) is 14.4. The molecule has 3 aromatic rings. The summed E-state index contributed by atoms with van der Waals surface area (Å²) in [6.07, 6.45) is 10.2. The number of urea groups is 1. The third kappa shape index (κ3) is 5.34. The van der Waals surface area contributed by atoms with E-state index in [1.54, 1.807) is 29.4 Å². The van der Waals surface area contributed by atoms with Crippen LogP contribution in [-0.4, -0.2) is 39.9 Å². The molecule has 0 spiro atoms. The van der Waals surface area contributed by atoms with Crippen LogP contribution >= 0.6 is 11.3 Å². The predicted molar refractivity (Wildman–Crippen MR) is 162 cm³/mol. The molecule has 6 rings (SSSR count). The van der Waals surface area contributed by atoms with Gasteiger partial charge in [-0.15, -0.1) is 11.3 Å². The number of aryl methyl sites for hydroxylation is 1. The van der Waals surface area contributed by atoms with Gasteiger partial charge >= 0.3 is 6.03 Å². The van der Waals surface area contributed by atoms with Crippen molar-refractivity contribution in [2.75, 3.05) is 10.2 Å². The molecule has 3 aromatic heterocycles. The number of carbonyl (C=O) groups excluding carboxylic acids is 3. The lowest BCUT2D eigenvalue weighted by Crippen LogP contribution is -2.48. The Morgan fingerprint density at radius 3 is 2.64 bits per heavy atom. The van der Waals surface area contributed by atoms with Crippen molar-refractivity contribution in [3.05, 3.63) is 52.3 Å². The minimum atomic E-state index is -0.393. The van der Waals surface area contributed by atoms with Gasteiger partial charge in [-0.1, -0.05) is 19.9 Å². The van der Waals surface area contributed by atoms with E-state index >= 15 is 0 Å². The number of amides is 4. The molecule has 0 unspecified atom stereocenters. The number of anilines is 3. The third-order valence-corrected chi connectivity index (χ3v) is 9.09. The number of nitrogens with one attached hydrogen (secondary N) is 3. The number of allylic oxidation sites excluding steroid dienone is 1.